The van der Waals surface area contributed by atoms with E-state index in [4.69, 9.17) is 4.74 Å². The van der Waals surface area contributed by atoms with Gasteiger partial charge < -0.3 is 9.84 Å². The second kappa shape index (κ2) is 5.28. The molecule has 0 radical (unpaired) electrons. The third-order valence-corrected chi connectivity index (χ3v) is 6.20. The van der Waals surface area contributed by atoms with E-state index in [1.165, 1.54) is 21.6 Å². The molecule has 1 aromatic carbocycles. The third-order valence-electron chi connectivity index (χ3n) is 5.10. The maximum Gasteiger partial charge on any atom is 0.160 e. The van der Waals surface area contributed by atoms with Crippen LogP contribution in [0.1, 0.15) is 40.1 Å². The minimum absolute atomic E-state index is 0.259. The molecule has 4 rings (SSSR count). The molecule has 0 saturated heterocycles. The summed E-state index contributed by atoms with van der Waals surface area (Å²) in [4.78, 5) is 4.10. The van der Waals surface area contributed by atoms with Gasteiger partial charge in [-0.15, -0.1) is 11.3 Å². The molecular weight excluding hydrogens is 294 g/mol. The maximum absolute atomic E-state index is 10.2. The second-order valence-corrected chi connectivity index (χ2v) is 7.14. The summed E-state index contributed by atoms with van der Waals surface area (Å²) in [5, 5.41) is 12.5. The van der Waals surface area contributed by atoms with Crippen molar-refractivity contribution >= 4 is 11.3 Å². The molecule has 1 aromatic heterocycles. The average molecular weight is 315 g/mol. The molecule has 0 spiro atoms. The molecule has 116 valence electrons. The van der Waals surface area contributed by atoms with Gasteiger partial charge in [0.2, 0.25) is 0 Å². The smallest absolute Gasteiger partial charge is 0.160 e. The first-order valence-electron chi connectivity index (χ1n) is 7.93. The Hall–Kier alpha value is -1.52. The van der Waals surface area contributed by atoms with Crippen LogP contribution < -0.4 is 4.74 Å². The van der Waals surface area contributed by atoms with Crippen molar-refractivity contribution in [2.75, 3.05) is 13.7 Å². The number of benzene rings is 1. The lowest BCUT2D eigenvalue weighted by atomic mass is 9.86. The summed E-state index contributed by atoms with van der Waals surface area (Å²) in [5.41, 5.74) is 5.68. The molecule has 3 nitrogen and oxygen atoms in total. The van der Waals surface area contributed by atoms with Crippen molar-refractivity contribution in [3.63, 3.8) is 0 Å². The topological polar surface area (TPSA) is 32.7 Å². The number of rotatable bonds is 2. The fourth-order valence-electron chi connectivity index (χ4n) is 3.86. The first-order valence-corrected chi connectivity index (χ1v) is 8.81. The average Bonchev–Trinajstić information content (AvgIpc) is 2.94. The van der Waals surface area contributed by atoms with Gasteiger partial charge in [0.15, 0.2) is 11.5 Å². The Morgan fingerprint density at radius 2 is 2.27 bits per heavy atom. The van der Waals surface area contributed by atoms with Crippen molar-refractivity contribution in [1.82, 2.24) is 4.90 Å². The Morgan fingerprint density at radius 1 is 1.41 bits per heavy atom. The number of fused-ring (bicyclic) bond motifs is 4. The van der Waals surface area contributed by atoms with E-state index in [0.29, 0.717) is 11.8 Å². The molecule has 0 fully saturated rings. The summed E-state index contributed by atoms with van der Waals surface area (Å²) < 4.78 is 5.26. The van der Waals surface area contributed by atoms with E-state index < -0.39 is 0 Å². The van der Waals surface area contributed by atoms with Gasteiger partial charge in [-0.25, -0.2) is 0 Å². The number of ether oxygens (including phenoxy) is 1. The third kappa shape index (κ3) is 2.05. The van der Waals surface area contributed by atoms with Crippen LogP contribution in [0, 0.1) is 0 Å². The fourth-order valence-corrected chi connectivity index (χ4v) is 5.05. The molecular formula is C18H21NO2S. The molecule has 4 heteroatoms. The van der Waals surface area contributed by atoms with Crippen LogP contribution in [0.4, 0.5) is 0 Å². The van der Waals surface area contributed by atoms with Crippen molar-refractivity contribution in [3.05, 3.63) is 44.6 Å². The Labute approximate surface area is 135 Å². The van der Waals surface area contributed by atoms with E-state index in [1.807, 2.05) is 23.5 Å². The summed E-state index contributed by atoms with van der Waals surface area (Å²) in [6, 6.07) is 4.34. The lowest BCUT2D eigenvalue weighted by molar-refractivity contribution is 0.161. The van der Waals surface area contributed by atoms with Gasteiger partial charge in [-0.1, -0.05) is 6.92 Å². The van der Waals surface area contributed by atoms with E-state index in [0.717, 1.165) is 32.4 Å². The summed E-state index contributed by atoms with van der Waals surface area (Å²) in [6.45, 7) is 4.38. The standard InChI is InChI=1S/C18H21NO2S/c1-3-11-10-22-18-8-15-13-7-16(20)17(21-2)6-12(13)4-5-19(15)9-14(11)18/h6-7,10,15,20H,3-5,8-9H2,1-2H3/t15-/m0/s1. The number of thiophene rings is 1. The van der Waals surface area contributed by atoms with E-state index in [-0.39, 0.29) is 5.75 Å². The summed E-state index contributed by atoms with van der Waals surface area (Å²) in [5.74, 6) is 0.849. The number of aromatic hydroxyl groups is 1. The summed E-state index contributed by atoms with van der Waals surface area (Å²) in [6.07, 6.45) is 3.22. The lowest BCUT2D eigenvalue weighted by Crippen LogP contribution is -2.39. The number of methoxy groups -OCH3 is 1. The van der Waals surface area contributed by atoms with E-state index >= 15 is 0 Å². The van der Waals surface area contributed by atoms with Crippen LogP contribution in [0.3, 0.4) is 0 Å². The Balaban J connectivity index is 1.75. The van der Waals surface area contributed by atoms with Crippen LogP contribution in [0.5, 0.6) is 11.5 Å². The molecule has 22 heavy (non-hydrogen) atoms. The Morgan fingerprint density at radius 3 is 3.05 bits per heavy atom. The normalized spacial score (nSPS) is 20.2. The SMILES string of the molecule is CCc1csc2c1CN1CCc3cc(OC)c(O)cc3[C@@H]1C2. The van der Waals surface area contributed by atoms with E-state index in [1.54, 1.807) is 12.7 Å². The van der Waals surface area contributed by atoms with Crippen molar-refractivity contribution in [3.8, 4) is 11.5 Å². The predicted octanol–water partition coefficient (Wildman–Crippen LogP) is 3.68. The molecule has 1 atom stereocenters. The van der Waals surface area contributed by atoms with Gasteiger partial charge in [0.05, 0.1) is 7.11 Å². The van der Waals surface area contributed by atoms with Crippen LogP contribution in [-0.2, 0) is 25.8 Å². The highest BCUT2D eigenvalue weighted by molar-refractivity contribution is 7.10. The minimum atomic E-state index is 0.259. The van der Waals surface area contributed by atoms with Gasteiger partial charge in [0.1, 0.15) is 0 Å². The van der Waals surface area contributed by atoms with Crippen molar-refractivity contribution in [2.24, 2.45) is 0 Å². The highest BCUT2D eigenvalue weighted by atomic mass is 32.1. The monoisotopic (exact) mass is 315 g/mol. The molecule has 0 unspecified atom stereocenters. The van der Waals surface area contributed by atoms with Crippen LogP contribution in [0.2, 0.25) is 0 Å². The molecule has 0 aliphatic carbocycles. The second-order valence-electron chi connectivity index (χ2n) is 6.18. The van der Waals surface area contributed by atoms with Gasteiger partial charge in [0.25, 0.3) is 0 Å². The molecule has 2 aliphatic heterocycles. The van der Waals surface area contributed by atoms with Crippen LogP contribution in [0.15, 0.2) is 17.5 Å². The maximum atomic E-state index is 10.2. The number of aryl methyl sites for hydroxylation is 1. The van der Waals surface area contributed by atoms with Gasteiger partial charge in [-0.05, 0) is 52.6 Å². The van der Waals surface area contributed by atoms with Crippen molar-refractivity contribution < 1.29 is 9.84 Å². The van der Waals surface area contributed by atoms with Crippen LogP contribution in [-0.4, -0.2) is 23.7 Å². The predicted molar refractivity (Wildman–Crippen MR) is 88.9 cm³/mol. The van der Waals surface area contributed by atoms with Crippen LogP contribution in [0.25, 0.3) is 0 Å². The zero-order valence-corrected chi connectivity index (χ0v) is 13.9. The van der Waals surface area contributed by atoms with Crippen molar-refractivity contribution in [2.45, 2.75) is 38.8 Å². The first-order chi connectivity index (χ1) is 10.7. The number of hydrogen-bond donors (Lipinski definition) is 1. The highest BCUT2D eigenvalue weighted by Gasteiger charge is 2.34. The Kier molecular flexibility index (Phi) is 3.39. The number of hydrogen-bond acceptors (Lipinski definition) is 4. The molecule has 1 N–H and O–H groups in total. The fraction of sp³-hybridized carbons (Fsp3) is 0.444. The van der Waals surface area contributed by atoms with Crippen LogP contribution >= 0.6 is 11.3 Å². The van der Waals surface area contributed by atoms with Gasteiger partial charge in [-0.3, -0.25) is 4.90 Å². The number of nitrogens with zero attached hydrogens (tertiary/aromatic N) is 1. The largest absolute Gasteiger partial charge is 0.504 e. The quantitative estimate of drug-likeness (QED) is 0.917. The highest BCUT2D eigenvalue weighted by Crippen LogP contribution is 2.44. The first kappa shape index (κ1) is 14.1. The summed E-state index contributed by atoms with van der Waals surface area (Å²) >= 11 is 1.90. The molecule has 0 amide bonds. The van der Waals surface area contributed by atoms with Gasteiger partial charge >= 0.3 is 0 Å². The van der Waals surface area contributed by atoms with E-state index in [9.17, 15) is 5.11 Å². The molecule has 0 saturated carbocycles. The van der Waals surface area contributed by atoms with Gasteiger partial charge in [0, 0.05) is 30.4 Å². The van der Waals surface area contributed by atoms with Gasteiger partial charge in [-0.2, -0.15) is 0 Å². The minimum Gasteiger partial charge on any atom is -0.504 e. The molecule has 2 aliphatic rings. The zero-order chi connectivity index (χ0) is 15.3. The number of phenolic OH excluding ortho intramolecular Hbond substituents is 1. The molecule has 0 bridgehead atoms. The molecule has 2 aromatic rings. The zero-order valence-electron chi connectivity index (χ0n) is 13.1. The molecule has 3 heterocycles. The number of phenols is 1. The van der Waals surface area contributed by atoms with E-state index in [2.05, 4.69) is 17.2 Å². The van der Waals surface area contributed by atoms with Crippen molar-refractivity contribution in [1.29, 1.82) is 0 Å². The Bertz CT molecular complexity index is 722. The lowest BCUT2D eigenvalue weighted by Gasteiger charge is -2.41. The summed E-state index contributed by atoms with van der Waals surface area (Å²) in [7, 11) is 1.61.